The number of allylic oxidation sites excluding steroid dienone is 1. The van der Waals surface area contributed by atoms with Gasteiger partial charge in [-0.15, -0.1) is 0 Å². The highest BCUT2D eigenvalue weighted by molar-refractivity contribution is 6.09. The van der Waals surface area contributed by atoms with Crippen LogP contribution in [0.4, 0.5) is 15.9 Å². The second kappa shape index (κ2) is 8.59. The van der Waals surface area contributed by atoms with Crippen molar-refractivity contribution in [3.63, 3.8) is 0 Å². The molecule has 0 spiro atoms. The predicted octanol–water partition coefficient (Wildman–Crippen LogP) is 6.05. The van der Waals surface area contributed by atoms with Crippen molar-refractivity contribution in [1.82, 2.24) is 9.97 Å². The molecular formula is C26H21FN4O. The van der Waals surface area contributed by atoms with Crippen molar-refractivity contribution in [1.29, 1.82) is 0 Å². The number of methoxy groups -OCH3 is 1. The van der Waals surface area contributed by atoms with Gasteiger partial charge in [0.25, 0.3) is 0 Å². The van der Waals surface area contributed by atoms with Crippen molar-refractivity contribution in [3.8, 4) is 16.9 Å². The standard InChI is InChI=1S/C26H21FN4O/c1-32-22-9-2-5-17(13-22)18-10-11-24-23(14-18)26(29-21-8-3-7-20(27)15-21)31-25(30-24)19-6-4-12-28-16-19/h2-3,5-11,13-16H,4,12H2,1H3,(H,29,30,31). The van der Waals surface area contributed by atoms with Crippen molar-refractivity contribution >= 4 is 34.2 Å². The van der Waals surface area contributed by atoms with Gasteiger partial charge in [0.05, 0.1) is 12.6 Å². The van der Waals surface area contributed by atoms with Crippen LogP contribution in [0.25, 0.3) is 27.6 Å². The Bertz CT molecular complexity index is 1360. The number of aromatic nitrogens is 2. The number of nitrogens with one attached hydrogen (secondary N) is 1. The van der Waals surface area contributed by atoms with Crippen LogP contribution >= 0.6 is 0 Å². The Morgan fingerprint density at radius 2 is 1.81 bits per heavy atom. The Morgan fingerprint density at radius 1 is 0.938 bits per heavy atom. The zero-order chi connectivity index (χ0) is 21.9. The number of nitrogens with zero attached hydrogens (tertiary/aromatic N) is 3. The summed E-state index contributed by atoms with van der Waals surface area (Å²) in [6, 6.07) is 20.3. The van der Waals surface area contributed by atoms with Gasteiger partial charge in [0, 0.05) is 29.4 Å². The van der Waals surface area contributed by atoms with Gasteiger partial charge >= 0.3 is 0 Å². The second-order valence-corrected chi connectivity index (χ2v) is 7.48. The van der Waals surface area contributed by atoms with Crippen LogP contribution in [0.1, 0.15) is 12.2 Å². The van der Waals surface area contributed by atoms with Crippen molar-refractivity contribution in [2.45, 2.75) is 6.42 Å². The van der Waals surface area contributed by atoms with Crippen LogP contribution in [0.5, 0.6) is 5.75 Å². The molecule has 0 saturated heterocycles. The minimum absolute atomic E-state index is 0.312. The van der Waals surface area contributed by atoms with E-state index >= 15 is 0 Å². The van der Waals surface area contributed by atoms with E-state index in [0.29, 0.717) is 17.3 Å². The number of hydrogen-bond donors (Lipinski definition) is 1. The Morgan fingerprint density at radius 3 is 2.62 bits per heavy atom. The minimum atomic E-state index is -0.312. The number of anilines is 2. The van der Waals surface area contributed by atoms with Gasteiger partial charge in [0.2, 0.25) is 0 Å². The third-order valence-corrected chi connectivity index (χ3v) is 5.30. The Balaban J connectivity index is 1.66. The van der Waals surface area contributed by atoms with Crippen LogP contribution in [0.3, 0.4) is 0 Å². The Hall–Kier alpha value is -4.06. The van der Waals surface area contributed by atoms with Crippen LogP contribution < -0.4 is 10.1 Å². The smallest absolute Gasteiger partial charge is 0.163 e. The van der Waals surface area contributed by atoms with Crippen molar-refractivity contribution in [3.05, 3.63) is 84.4 Å². The van der Waals surface area contributed by atoms with Crippen LogP contribution in [-0.4, -0.2) is 29.8 Å². The lowest BCUT2D eigenvalue weighted by Crippen LogP contribution is -2.04. The molecule has 3 aromatic carbocycles. The zero-order valence-corrected chi connectivity index (χ0v) is 17.5. The maximum absolute atomic E-state index is 13.8. The van der Waals surface area contributed by atoms with Gasteiger partial charge in [-0.2, -0.15) is 0 Å². The third kappa shape index (κ3) is 4.07. The molecule has 6 heteroatoms. The van der Waals surface area contributed by atoms with Gasteiger partial charge < -0.3 is 10.1 Å². The molecule has 0 atom stereocenters. The van der Waals surface area contributed by atoms with Crippen molar-refractivity contribution < 1.29 is 9.13 Å². The molecule has 0 aliphatic carbocycles. The normalized spacial score (nSPS) is 13.1. The largest absolute Gasteiger partial charge is 0.497 e. The van der Waals surface area contributed by atoms with E-state index in [0.717, 1.165) is 46.3 Å². The topological polar surface area (TPSA) is 59.4 Å². The fraction of sp³-hybridized carbons (Fsp3) is 0.115. The zero-order valence-electron chi connectivity index (χ0n) is 17.5. The minimum Gasteiger partial charge on any atom is -0.497 e. The number of hydrogen-bond acceptors (Lipinski definition) is 5. The van der Waals surface area contributed by atoms with E-state index in [-0.39, 0.29) is 5.82 Å². The molecule has 0 amide bonds. The van der Waals surface area contributed by atoms with Gasteiger partial charge in [-0.05, 0) is 60.0 Å². The number of halogens is 1. The van der Waals surface area contributed by atoms with E-state index in [9.17, 15) is 4.39 Å². The maximum Gasteiger partial charge on any atom is 0.163 e. The summed E-state index contributed by atoms with van der Waals surface area (Å²) in [4.78, 5) is 13.9. The molecule has 0 unspecified atom stereocenters. The number of aliphatic imine (C=N–C) groups is 1. The molecule has 2 heterocycles. The van der Waals surface area contributed by atoms with Crippen molar-refractivity contribution in [2.24, 2.45) is 4.99 Å². The van der Waals surface area contributed by atoms with Crippen LogP contribution in [0.15, 0.2) is 77.8 Å². The highest BCUT2D eigenvalue weighted by Gasteiger charge is 2.13. The first-order valence-electron chi connectivity index (χ1n) is 10.4. The summed E-state index contributed by atoms with van der Waals surface area (Å²) in [6.45, 7) is 0.773. The molecule has 158 valence electrons. The molecule has 5 nitrogen and oxygen atoms in total. The van der Waals surface area contributed by atoms with Crippen LogP contribution in [-0.2, 0) is 0 Å². The lowest BCUT2D eigenvalue weighted by molar-refractivity contribution is 0.415. The number of rotatable bonds is 5. The molecule has 1 aromatic heterocycles. The number of dihydropyridines is 1. The van der Waals surface area contributed by atoms with Crippen LogP contribution in [0, 0.1) is 5.82 Å². The third-order valence-electron chi connectivity index (χ3n) is 5.30. The second-order valence-electron chi connectivity index (χ2n) is 7.48. The van der Waals surface area contributed by atoms with E-state index < -0.39 is 0 Å². The lowest BCUT2D eigenvalue weighted by Gasteiger charge is -2.14. The average molecular weight is 424 g/mol. The molecule has 5 rings (SSSR count). The van der Waals surface area contributed by atoms with E-state index in [1.807, 2.05) is 48.5 Å². The molecule has 1 N–H and O–H groups in total. The summed E-state index contributed by atoms with van der Waals surface area (Å²) < 4.78 is 19.2. The fourth-order valence-electron chi connectivity index (χ4n) is 3.70. The number of ether oxygens (including phenoxy) is 1. The van der Waals surface area contributed by atoms with Gasteiger partial charge in [0.1, 0.15) is 17.4 Å². The lowest BCUT2D eigenvalue weighted by atomic mass is 10.0. The monoisotopic (exact) mass is 424 g/mol. The van der Waals surface area contributed by atoms with E-state index in [1.165, 1.54) is 12.1 Å². The summed E-state index contributed by atoms with van der Waals surface area (Å²) in [5.74, 6) is 1.68. The first-order chi connectivity index (χ1) is 15.7. The van der Waals surface area contributed by atoms with E-state index in [2.05, 4.69) is 16.4 Å². The summed E-state index contributed by atoms with van der Waals surface area (Å²) >= 11 is 0. The van der Waals surface area contributed by atoms with Crippen LogP contribution in [0.2, 0.25) is 0 Å². The molecule has 4 aromatic rings. The maximum atomic E-state index is 13.8. The van der Waals surface area contributed by atoms with E-state index in [4.69, 9.17) is 14.7 Å². The quantitative estimate of drug-likeness (QED) is 0.424. The number of benzene rings is 3. The number of fused-ring (bicyclic) bond motifs is 1. The summed E-state index contributed by atoms with van der Waals surface area (Å²) in [5, 5.41) is 4.12. The van der Waals surface area contributed by atoms with Gasteiger partial charge in [-0.3, -0.25) is 4.99 Å². The first-order valence-corrected chi connectivity index (χ1v) is 10.4. The summed E-state index contributed by atoms with van der Waals surface area (Å²) in [7, 11) is 1.65. The SMILES string of the molecule is COc1cccc(-c2ccc3nc(C4=CCCN=C4)nc(Nc4cccc(F)c4)c3c2)c1. The van der Waals surface area contributed by atoms with Crippen molar-refractivity contribution in [2.75, 3.05) is 19.0 Å². The van der Waals surface area contributed by atoms with Gasteiger partial charge in [-0.25, -0.2) is 14.4 Å². The van der Waals surface area contributed by atoms with Gasteiger partial charge in [-0.1, -0.05) is 30.3 Å². The molecule has 1 aliphatic heterocycles. The molecule has 0 fully saturated rings. The van der Waals surface area contributed by atoms with Gasteiger partial charge in [0.15, 0.2) is 5.82 Å². The molecule has 0 bridgehead atoms. The molecular weight excluding hydrogens is 403 g/mol. The van der Waals surface area contributed by atoms with E-state index in [1.54, 1.807) is 19.4 Å². The first kappa shape index (κ1) is 19.9. The predicted molar refractivity (Wildman–Crippen MR) is 127 cm³/mol. The average Bonchev–Trinajstić information content (AvgIpc) is 2.84. The highest BCUT2D eigenvalue weighted by atomic mass is 19.1. The Labute approximate surface area is 185 Å². The Kier molecular flexibility index (Phi) is 5.34. The molecule has 1 aliphatic rings. The fourth-order valence-corrected chi connectivity index (χ4v) is 3.70. The molecule has 32 heavy (non-hydrogen) atoms. The summed E-state index contributed by atoms with van der Waals surface area (Å²) in [6.07, 6.45) is 4.75. The summed E-state index contributed by atoms with van der Waals surface area (Å²) in [5.41, 5.74) is 4.33. The molecule has 0 saturated carbocycles. The molecule has 0 radical (unpaired) electrons. The highest BCUT2D eigenvalue weighted by Crippen LogP contribution is 2.31.